The van der Waals surface area contributed by atoms with Crippen LogP contribution in [0.1, 0.15) is 27.7 Å². The molecule has 0 spiro atoms. The topological polar surface area (TPSA) is 0 Å². The van der Waals surface area contributed by atoms with Crippen molar-refractivity contribution in [2.24, 2.45) is 11.3 Å². The third-order valence-electron chi connectivity index (χ3n) is 1.56. The molecule has 0 fully saturated rings. The van der Waals surface area contributed by atoms with Crippen molar-refractivity contribution in [1.29, 1.82) is 0 Å². The quantitative estimate of drug-likeness (QED) is 0.504. The molecule has 0 bridgehead atoms. The molecule has 1 radical (unpaired) electrons. The fourth-order valence-electron chi connectivity index (χ4n) is 0. The molecule has 0 aromatic heterocycles. The van der Waals surface area contributed by atoms with Gasteiger partial charge in [0.15, 0.2) is 0 Å². The summed E-state index contributed by atoms with van der Waals surface area (Å²) in [5, 5.41) is 0. The molecular formula is C7H15V-. The van der Waals surface area contributed by atoms with Gasteiger partial charge in [-0.2, -0.15) is 5.41 Å². The summed E-state index contributed by atoms with van der Waals surface area (Å²) >= 11 is 0. The monoisotopic (exact) mass is 150 g/mol. The summed E-state index contributed by atoms with van der Waals surface area (Å²) in [5.74, 6) is 0.687. The Kier molecular flexibility index (Phi) is 5.10. The minimum atomic E-state index is 0. The number of rotatable bonds is 1. The van der Waals surface area contributed by atoms with Crippen LogP contribution in [0.2, 0.25) is 0 Å². The second-order valence-electron chi connectivity index (χ2n) is 3.14. The van der Waals surface area contributed by atoms with Gasteiger partial charge in [0.05, 0.1) is 0 Å². The maximum absolute atomic E-state index is 3.97. The van der Waals surface area contributed by atoms with Gasteiger partial charge in [0, 0.05) is 18.6 Å². The van der Waals surface area contributed by atoms with Gasteiger partial charge in [0.25, 0.3) is 0 Å². The maximum Gasteiger partial charge on any atom is 0 e. The zero-order chi connectivity index (χ0) is 6.08. The van der Waals surface area contributed by atoms with Crippen molar-refractivity contribution in [3.63, 3.8) is 0 Å². The number of hydrogen-bond donors (Lipinski definition) is 0. The van der Waals surface area contributed by atoms with E-state index in [9.17, 15) is 0 Å². The van der Waals surface area contributed by atoms with Gasteiger partial charge in [-0.1, -0.05) is 33.6 Å². The standard InChI is InChI=1S/C7H15.V/c1-6(2)7(3,4)5;/h6H,3H2,1-2,4-5H3;/q-1;. The minimum Gasteiger partial charge on any atom is -0.337 e. The van der Waals surface area contributed by atoms with Crippen LogP contribution in [0, 0.1) is 18.3 Å². The molecular weight excluding hydrogens is 135 g/mol. The van der Waals surface area contributed by atoms with E-state index in [1.165, 1.54) is 0 Å². The predicted octanol–water partition coefficient (Wildman–Crippen LogP) is 2.50. The van der Waals surface area contributed by atoms with Crippen molar-refractivity contribution >= 4 is 0 Å². The summed E-state index contributed by atoms with van der Waals surface area (Å²) in [4.78, 5) is 0. The van der Waals surface area contributed by atoms with Gasteiger partial charge < -0.3 is 6.92 Å². The predicted molar refractivity (Wildman–Crippen MR) is 34.0 cm³/mol. The molecule has 0 nitrogen and oxygen atoms in total. The van der Waals surface area contributed by atoms with Crippen LogP contribution in [0.4, 0.5) is 0 Å². The zero-order valence-electron chi connectivity index (χ0n) is 6.23. The van der Waals surface area contributed by atoms with E-state index in [2.05, 4.69) is 34.6 Å². The van der Waals surface area contributed by atoms with Gasteiger partial charge in [0.2, 0.25) is 0 Å². The van der Waals surface area contributed by atoms with E-state index in [0.717, 1.165) is 0 Å². The third kappa shape index (κ3) is 4.74. The maximum atomic E-state index is 3.97. The fraction of sp³-hybridized carbons (Fsp3) is 0.857. The Hall–Kier alpha value is 0.584. The van der Waals surface area contributed by atoms with E-state index in [4.69, 9.17) is 0 Å². The van der Waals surface area contributed by atoms with Crippen molar-refractivity contribution in [1.82, 2.24) is 0 Å². The molecule has 0 amide bonds. The molecule has 0 atom stereocenters. The van der Waals surface area contributed by atoms with Crippen LogP contribution in [0.5, 0.6) is 0 Å². The van der Waals surface area contributed by atoms with E-state index in [-0.39, 0.29) is 24.0 Å². The first-order valence-electron chi connectivity index (χ1n) is 2.80. The molecule has 0 unspecified atom stereocenters. The van der Waals surface area contributed by atoms with Crippen molar-refractivity contribution in [3.05, 3.63) is 6.92 Å². The summed E-state index contributed by atoms with van der Waals surface area (Å²) in [6.45, 7) is 12.6. The SMILES string of the molecule is [CH2-]C(C)(C)C(C)C.[V]. The van der Waals surface area contributed by atoms with Crippen molar-refractivity contribution in [2.75, 3.05) is 0 Å². The van der Waals surface area contributed by atoms with Crippen molar-refractivity contribution < 1.29 is 18.6 Å². The van der Waals surface area contributed by atoms with Gasteiger partial charge in [-0.15, -0.1) is 0 Å². The van der Waals surface area contributed by atoms with Crippen LogP contribution < -0.4 is 0 Å². The van der Waals surface area contributed by atoms with Gasteiger partial charge in [-0.25, -0.2) is 0 Å². The van der Waals surface area contributed by atoms with Crippen LogP contribution in [0.25, 0.3) is 0 Å². The van der Waals surface area contributed by atoms with E-state index < -0.39 is 0 Å². The average Bonchev–Trinajstić information content (AvgIpc) is 1.31. The Morgan fingerprint density at radius 1 is 1.25 bits per heavy atom. The molecule has 0 saturated heterocycles. The first-order chi connectivity index (χ1) is 2.94. The van der Waals surface area contributed by atoms with Crippen molar-refractivity contribution in [3.8, 4) is 0 Å². The first-order valence-corrected chi connectivity index (χ1v) is 2.80. The zero-order valence-corrected chi connectivity index (χ0v) is 7.63. The van der Waals surface area contributed by atoms with E-state index in [1.54, 1.807) is 0 Å². The van der Waals surface area contributed by atoms with E-state index in [1.807, 2.05) is 0 Å². The van der Waals surface area contributed by atoms with E-state index in [0.29, 0.717) is 5.92 Å². The summed E-state index contributed by atoms with van der Waals surface area (Å²) in [7, 11) is 0. The van der Waals surface area contributed by atoms with Crippen molar-refractivity contribution in [2.45, 2.75) is 27.7 Å². The third-order valence-corrected chi connectivity index (χ3v) is 1.56. The Labute approximate surface area is 64.9 Å². The molecule has 0 rings (SSSR count). The van der Waals surface area contributed by atoms with Gasteiger partial charge in [0.1, 0.15) is 0 Å². The Balaban J connectivity index is 0. The molecule has 0 aliphatic heterocycles. The Bertz CT molecular complexity index is 49.9. The largest absolute Gasteiger partial charge is 0.337 e. The first kappa shape index (κ1) is 11.4. The van der Waals surface area contributed by atoms with E-state index >= 15 is 0 Å². The van der Waals surface area contributed by atoms with Gasteiger partial charge in [-0.3, -0.25) is 0 Å². The van der Waals surface area contributed by atoms with Gasteiger partial charge in [-0.05, 0) is 0 Å². The Morgan fingerprint density at radius 3 is 1.38 bits per heavy atom. The Morgan fingerprint density at radius 2 is 1.38 bits per heavy atom. The summed E-state index contributed by atoms with van der Waals surface area (Å²) in [6, 6.07) is 0. The second kappa shape index (κ2) is 3.58. The second-order valence-corrected chi connectivity index (χ2v) is 3.14. The van der Waals surface area contributed by atoms with Gasteiger partial charge >= 0.3 is 0 Å². The average molecular weight is 150 g/mol. The van der Waals surface area contributed by atoms with Crippen LogP contribution in [0.3, 0.4) is 0 Å². The fourth-order valence-corrected chi connectivity index (χ4v) is 0. The summed E-state index contributed by atoms with van der Waals surface area (Å²) < 4.78 is 0. The van der Waals surface area contributed by atoms with Crippen LogP contribution >= 0.6 is 0 Å². The van der Waals surface area contributed by atoms with Crippen LogP contribution in [-0.4, -0.2) is 0 Å². The molecule has 0 N–H and O–H groups in total. The molecule has 49 valence electrons. The summed E-state index contributed by atoms with van der Waals surface area (Å²) in [5.41, 5.74) is 0.250. The molecule has 0 heterocycles. The molecule has 0 saturated carbocycles. The normalized spacial score (nSPS) is 11.2. The molecule has 0 aromatic rings. The van der Waals surface area contributed by atoms with Crippen LogP contribution in [-0.2, 0) is 18.6 Å². The smallest absolute Gasteiger partial charge is 0 e. The minimum absolute atomic E-state index is 0. The molecule has 8 heavy (non-hydrogen) atoms. The molecule has 1 heteroatoms. The molecule has 0 aromatic carbocycles. The number of hydrogen-bond acceptors (Lipinski definition) is 0. The summed E-state index contributed by atoms with van der Waals surface area (Å²) in [6.07, 6.45) is 0. The van der Waals surface area contributed by atoms with Crippen LogP contribution in [0.15, 0.2) is 0 Å². The molecule has 0 aliphatic rings. The molecule has 0 aliphatic carbocycles.